The van der Waals surface area contributed by atoms with Crippen molar-refractivity contribution >= 4 is 11.8 Å². The number of nitrogens with two attached hydrogens (primary N) is 1. The summed E-state index contributed by atoms with van der Waals surface area (Å²) in [5, 5.41) is 4.02. The van der Waals surface area contributed by atoms with Crippen LogP contribution >= 0.6 is 0 Å². The minimum absolute atomic E-state index is 0.0125. The first kappa shape index (κ1) is 21.4. The Morgan fingerprint density at radius 3 is 2.81 bits per heavy atom. The van der Waals surface area contributed by atoms with E-state index in [1.807, 2.05) is 6.92 Å². The molecule has 2 aromatic rings. The Hall–Kier alpha value is -2.81. The Balaban J connectivity index is 1.41. The summed E-state index contributed by atoms with van der Waals surface area (Å²) in [6.45, 7) is 4.40. The molecule has 3 unspecified atom stereocenters. The zero-order valence-electron chi connectivity index (χ0n) is 17.7. The lowest BCUT2D eigenvalue weighted by molar-refractivity contribution is -0.140. The van der Waals surface area contributed by atoms with Crippen molar-refractivity contribution in [3.05, 3.63) is 36.0 Å². The molecule has 166 valence electrons. The van der Waals surface area contributed by atoms with Crippen molar-refractivity contribution in [1.82, 2.24) is 19.9 Å². The third-order valence-electron chi connectivity index (χ3n) is 6.37. The molecule has 0 bridgehead atoms. The molecule has 0 saturated carbocycles. The lowest BCUT2D eigenvalue weighted by Crippen LogP contribution is -2.53. The highest BCUT2D eigenvalue weighted by Crippen LogP contribution is 2.29. The van der Waals surface area contributed by atoms with Gasteiger partial charge >= 0.3 is 0 Å². The van der Waals surface area contributed by atoms with E-state index in [4.69, 9.17) is 10.3 Å². The van der Waals surface area contributed by atoms with E-state index < -0.39 is 0 Å². The number of nitrogens with zero attached hydrogens (tertiary/aromatic N) is 4. The number of hydrogen-bond donors (Lipinski definition) is 1. The van der Waals surface area contributed by atoms with Crippen molar-refractivity contribution < 1.29 is 18.5 Å². The maximum Gasteiger partial charge on any atom is 0.239 e. The topological polar surface area (TPSA) is 106 Å². The van der Waals surface area contributed by atoms with Gasteiger partial charge in [-0.25, -0.2) is 4.39 Å². The maximum absolute atomic E-state index is 13.5. The van der Waals surface area contributed by atoms with Crippen LogP contribution in [0.2, 0.25) is 0 Å². The molecule has 2 amide bonds. The Kier molecular flexibility index (Phi) is 6.31. The molecule has 1 aromatic carbocycles. The number of carbonyl (C=O) groups excluding carboxylic acids is 2. The average molecular weight is 429 g/mol. The molecule has 2 aliphatic heterocycles. The van der Waals surface area contributed by atoms with Gasteiger partial charge in [-0.3, -0.25) is 14.5 Å². The fourth-order valence-corrected chi connectivity index (χ4v) is 4.54. The molecular formula is C22H28FN5O3. The van der Waals surface area contributed by atoms with E-state index in [1.54, 1.807) is 17.0 Å². The smallest absolute Gasteiger partial charge is 0.239 e. The summed E-state index contributed by atoms with van der Waals surface area (Å²) in [6, 6.07) is 5.79. The normalized spacial score (nSPS) is 23.5. The molecule has 2 saturated heterocycles. The molecule has 2 N–H and O–H groups in total. The average Bonchev–Trinajstić information content (AvgIpc) is 3.29. The van der Waals surface area contributed by atoms with Gasteiger partial charge in [-0.15, -0.1) is 0 Å². The number of amides is 2. The molecular weight excluding hydrogens is 401 g/mol. The molecule has 8 nitrogen and oxygen atoms in total. The van der Waals surface area contributed by atoms with Crippen LogP contribution in [0.3, 0.4) is 0 Å². The van der Waals surface area contributed by atoms with Crippen LogP contribution in [0.1, 0.15) is 44.4 Å². The molecule has 0 spiro atoms. The highest BCUT2D eigenvalue weighted by Gasteiger charge is 2.35. The molecule has 9 heteroatoms. The van der Waals surface area contributed by atoms with Gasteiger partial charge in [-0.1, -0.05) is 17.3 Å². The summed E-state index contributed by atoms with van der Waals surface area (Å²) in [4.78, 5) is 33.0. The predicted molar refractivity (Wildman–Crippen MR) is 111 cm³/mol. The van der Waals surface area contributed by atoms with Crippen LogP contribution < -0.4 is 5.73 Å². The van der Waals surface area contributed by atoms with Crippen molar-refractivity contribution in [2.24, 2.45) is 11.7 Å². The van der Waals surface area contributed by atoms with Crippen LogP contribution in [0, 0.1) is 11.7 Å². The summed E-state index contributed by atoms with van der Waals surface area (Å²) >= 11 is 0. The summed E-state index contributed by atoms with van der Waals surface area (Å²) in [5.41, 5.74) is 6.02. The van der Waals surface area contributed by atoms with Gasteiger partial charge in [-0.2, -0.15) is 4.98 Å². The summed E-state index contributed by atoms with van der Waals surface area (Å²) in [6.07, 6.45) is 3.32. The van der Waals surface area contributed by atoms with Gasteiger partial charge in [-0.05, 0) is 51.3 Å². The number of halogens is 1. The quantitative estimate of drug-likeness (QED) is 0.781. The molecule has 1 aromatic heterocycles. The highest BCUT2D eigenvalue weighted by atomic mass is 19.1. The van der Waals surface area contributed by atoms with Crippen molar-refractivity contribution in [3.8, 4) is 11.4 Å². The third-order valence-corrected chi connectivity index (χ3v) is 6.37. The van der Waals surface area contributed by atoms with Crippen LogP contribution in [0.4, 0.5) is 4.39 Å². The zero-order valence-corrected chi connectivity index (χ0v) is 17.7. The van der Waals surface area contributed by atoms with Crippen LogP contribution in [0.15, 0.2) is 28.8 Å². The fourth-order valence-electron chi connectivity index (χ4n) is 4.54. The van der Waals surface area contributed by atoms with E-state index in [1.165, 1.54) is 12.1 Å². The molecule has 0 radical (unpaired) electrons. The Morgan fingerprint density at radius 1 is 1.23 bits per heavy atom. The lowest BCUT2D eigenvalue weighted by atomic mass is 9.95. The number of aromatic nitrogens is 2. The van der Waals surface area contributed by atoms with E-state index >= 15 is 0 Å². The van der Waals surface area contributed by atoms with Crippen LogP contribution in [-0.2, 0) is 9.59 Å². The molecule has 3 heterocycles. The maximum atomic E-state index is 13.5. The largest absolute Gasteiger partial charge is 0.369 e. The second-order valence-corrected chi connectivity index (χ2v) is 8.50. The molecule has 2 aliphatic rings. The Morgan fingerprint density at radius 2 is 2.03 bits per heavy atom. The standard InChI is InChI=1S/C22H28FN5O3/c1-14(22(30)28-10-3-6-16(12-28)19(24)29)27-9-4-7-17(13-27)21-25-20(26-31-21)15-5-2-8-18(23)11-15/h2,5,8,11,14,16-17H,3-4,6-7,9-10,12-13H2,1H3,(H2,24,29). The number of benzene rings is 1. The van der Waals surface area contributed by atoms with E-state index in [0.717, 1.165) is 32.2 Å². The lowest BCUT2D eigenvalue weighted by Gasteiger charge is -2.39. The predicted octanol–water partition coefficient (Wildman–Crippen LogP) is 2.17. The number of rotatable bonds is 5. The van der Waals surface area contributed by atoms with Gasteiger partial charge in [0, 0.05) is 25.2 Å². The summed E-state index contributed by atoms with van der Waals surface area (Å²) in [5.74, 6) is -0.0447. The first-order chi connectivity index (χ1) is 14.9. The zero-order chi connectivity index (χ0) is 22.0. The van der Waals surface area contributed by atoms with Gasteiger partial charge in [0.2, 0.25) is 23.5 Å². The van der Waals surface area contributed by atoms with E-state index in [0.29, 0.717) is 36.9 Å². The Bertz CT molecular complexity index is 949. The van der Waals surface area contributed by atoms with Gasteiger partial charge in [0.05, 0.1) is 17.9 Å². The second kappa shape index (κ2) is 9.13. The first-order valence-corrected chi connectivity index (χ1v) is 10.8. The Labute approximate surface area is 180 Å². The molecule has 3 atom stereocenters. The second-order valence-electron chi connectivity index (χ2n) is 8.50. The van der Waals surface area contributed by atoms with Gasteiger partial charge in [0.15, 0.2) is 0 Å². The van der Waals surface area contributed by atoms with Gasteiger partial charge < -0.3 is 15.2 Å². The number of primary amides is 1. The minimum Gasteiger partial charge on any atom is -0.369 e. The number of carbonyl (C=O) groups is 2. The van der Waals surface area contributed by atoms with Crippen LogP contribution in [-0.4, -0.2) is 64.0 Å². The molecule has 31 heavy (non-hydrogen) atoms. The first-order valence-electron chi connectivity index (χ1n) is 10.8. The van der Waals surface area contributed by atoms with Gasteiger partial charge in [0.25, 0.3) is 0 Å². The number of likely N-dealkylation sites (tertiary alicyclic amines) is 2. The fraction of sp³-hybridized carbons (Fsp3) is 0.545. The highest BCUT2D eigenvalue weighted by molar-refractivity contribution is 5.83. The van der Waals surface area contributed by atoms with Crippen LogP contribution in [0.25, 0.3) is 11.4 Å². The van der Waals surface area contributed by atoms with Crippen molar-refractivity contribution in [2.75, 3.05) is 26.2 Å². The monoisotopic (exact) mass is 429 g/mol. The molecule has 0 aliphatic carbocycles. The third kappa shape index (κ3) is 4.76. The minimum atomic E-state index is -0.351. The van der Waals surface area contributed by atoms with Crippen molar-refractivity contribution in [3.63, 3.8) is 0 Å². The summed E-state index contributed by atoms with van der Waals surface area (Å²) < 4.78 is 19.0. The van der Waals surface area contributed by atoms with E-state index in [-0.39, 0.29) is 35.5 Å². The molecule has 4 rings (SSSR count). The van der Waals surface area contributed by atoms with Crippen LogP contribution in [0.5, 0.6) is 0 Å². The van der Waals surface area contributed by atoms with E-state index in [2.05, 4.69) is 15.0 Å². The van der Waals surface area contributed by atoms with E-state index in [9.17, 15) is 14.0 Å². The molecule has 2 fully saturated rings. The number of hydrogen-bond acceptors (Lipinski definition) is 6. The van der Waals surface area contributed by atoms with Gasteiger partial charge in [0.1, 0.15) is 5.82 Å². The number of piperidine rings is 2. The van der Waals surface area contributed by atoms with Crippen molar-refractivity contribution in [1.29, 1.82) is 0 Å². The summed E-state index contributed by atoms with van der Waals surface area (Å²) in [7, 11) is 0. The SMILES string of the molecule is CC(C(=O)N1CCCC(C(N)=O)C1)N1CCCC(c2nc(-c3cccc(F)c3)no2)C1. The van der Waals surface area contributed by atoms with Crippen molar-refractivity contribution in [2.45, 2.75) is 44.6 Å².